The maximum atomic E-state index is 12.5. The number of anilines is 1. The Morgan fingerprint density at radius 3 is 2.33 bits per heavy atom. The molecule has 1 fully saturated rings. The minimum absolute atomic E-state index is 0.0867. The number of ketones is 1. The number of carbonyl (C=O) groups excluding carboxylic acids is 2. The topological polar surface area (TPSA) is 37.4 Å². The van der Waals surface area contributed by atoms with Gasteiger partial charge in [0.05, 0.1) is 18.5 Å². The molecule has 1 saturated heterocycles. The minimum atomic E-state index is -4.46. The Kier molecular flexibility index (Phi) is 3.18. The molecule has 1 aliphatic rings. The summed E-state index contributed by atoms with van der Waals surface area (Å²) >= 11 is 2.82. The number of carbonyl (C=O) groups is 2. The second-order valence-electron chi connectivity index (χ2n) is 3.86. The van der Waals surface area contributed by atoms with Gasteiger partial charge in [-0.1, -0.05) is 15.9 Å². The zero-order valence-corrected chi connectivity index (χ0v) is 10.5. The first kappa shape index (κ1) is 13.1. The molecule has 1 amide bonds. The molecule has 96 valence electrons. The molecule has 0 saturated carbocycles. The fourth-order valence-electron chi connectivity index (χ4n) is 1.72. The van der Waals surface area contributed by atoms with Crippen molar-refractivity contribution in [3.05, 3.63) is 28.2 Å². The number of Topliss-reactive ketones (excluding diaryl/α,β-unsaturated/α-hetero) is 1. The molecular formula is C11H7BrF3NO2. The Morgan fingerprint density at radius 1 is 1.22 bits per heavy atom. The van der Waals surface area contributed by atoms with Gasteiger partial charge in [0, 0.05) is 10.2 Å². The first-order valence-electron chi connectivity index (χ1n) is 4.98. The van der Waals surface area contributed by atoms with E-state index in [-0.39, 0.29) is 28.9 Å². The van der Waals surface area contributed by atoms with Crippen LogP contribution in [0.25, 0.3) is 0 Å². The molecular weight excluding hydrogens is 315 g/mol. The van der Waals surface area contributed by atoms with Gasteiger partial charge in [0.15, 0.2) is 5.78 Å². The lowest BCUT2D eigenvalue weighted by atomic mass is 10.2. The highest BCUT2D eigenvalue weighted by Gasteiger charge is 2.34. The molecule has 0 bridgehead atoms. The lowest BCUT2D eigenvalue weighted by Gasteiger charge is -2.17. The number of hydrogen-bond acceptors (Lipinski definition) is 2. The van der Waals surface area contributed by atoms with Crippen molar-refractivity contribution >= 4 is 33.3 Å². The van der Waals surface area contributed by atoms with E-state index in [4.69, 9.17) is 0 Å². The predicted molar refractivity (Wildman–Crippen MR) is 61.1 cm³/mol. The van der Waals surface area contributed by atoms with Gasteiger partial charge in [-0.3, -0.25) is 9.59 Å². The minimum Gasteiger partial charge on any atom is -0.305 e. The van der Waals surface area contributed by atoms with Gasteiger partial charge >= 0.3 is 6.18 Å². The van der Waals surface area contributed by atoms with Crippen molar-refractivity contribution in [2.24, 2.45) is 0 Å². The monoisotopic (exact) mass is 321 g/mol. The Bertz CT molecular complexity index is 528. The average Bonchev–Trinajstić information content (AvgIpc) is 2.55. The maximum Gasteiger partial charge on any atom is 0.417 e. The molecule has 18 heavy (non-hydrogen) atoms. The van der Waals surface area contributed by atoms with Gasteiger partial charge in [-0.15, -0.1) is 0 Å². The third kappa shape index (κ3) is 2.40. The molecule has 1 aromatic carbocycles. The molecule has 2 rings (SSSR count). The normalized spacial score (nSPS) is 16.6. The van der Waals surface area contributed by atoms with Crippen LogP contribution in [-0.4, -0.2) is 18.2 Å². The Hall–Kier alpha value is -1.37. The quantitative estimate of drug-likeness (QED) is 0.746. The molecule has 1 aromatic rings. The summed E-state index contributed by atoms with van der Waals surface area (Å²) in [6.45, 7) is -0.0867. The highest BCUT2D eigenvalue weighted by Crippen LogP contribution is 2.37. The van der Waals surface area contributed by atoms with E-state index >= 15 is 0 Å². The van der Waals surface area contributed by atoms with Crippen LogP contribution < -0.4 is 4.90 Å². The standard InChI is InChI=1S/C11H7BrF3NO2/c12-9-3-6(1-2-8(9)11(13,14)15)16-5-7(17)4-10(16)18/h1-3H,4-5H2. The number of nitrogens with zero attached hydrogens (tertiary/aromatic N) is 1. The van der Waals surface area contributed by atoms with Crippen molar-refractivity contribution in [3.63, 3.8) is 0 Å². The highest BCUT2D eigenvalue weighted by atomic mass is 79.9. The van der Waals surface area contributed by atoms with Crippen LogP contribution in [0.1, 0.15) is 12.0 Å². The number of alkyl halides is 3. The maximum absolute atomic E-state index is 12.5. The predicted octanol–water partition coefficient (Wildman–Crippen LogP) is 2.77. The third-order valence-electron chi connectivity index (χ3n) is 2.55. The van der Waals surface area contributed by atoms with E-state index < -0.39 is 17.6 Å². The molecule has 0 aliphatic carbocycles. The van der Waals surface area contributed by atoms with Crippen LogP contribution in [0.15, 0.2) is 22.7 Å². The molecule has 0 N–H and O–H groups in total. The summed E-state index contributed by atoms with van der Waals surface area (Å²) in [6, 6.07) is 3.26. The van der Waals surface area contributed by atoms with Gasteiger partial charge < -0.3 is 4.90 Å². The van der Waals surface area contributed by atoms with E-state index in [0.717, 1.165) is 6.07 Å². The van der Waals surface area contributed by atoms with E-state index in [1.807, 2.05) is 0 Å². The summed E-state index contributed by atoms with van der Waals surface area (Å²) in [5.41, 5.74) is -0.532. The second-order valence-corrected chi connectivity index (χ2v) is 4.71. The number of hydrogen-bond donors (Lipinski definition) is 0. The smallest absolute Gasteiger partial charge is 0.305 e. The van der Waals surface area contributed by atoms with Gasteiger partial charge in [-0.25, -0.2) is 0 Å². The Balaban J connectivity index is 2.35. The number of halogens is 4. The van der Waals surface area contributed by atoms with Crippen molar-refractivity contribution in [1.29, 1.82) is 0 Å². The summed E-state index contributed by atoms with van der Waals surface area (Å²) < 4.78 is 37.4. The van der Waals surface area contributed by atoms with Gasteiger partial charge in [0.2, 0.25) is 5.91 Å². The summed E-state index contributed by atoms with van der Waals surface area (Å²) in [5, 5.41) is 0. The van der Waals surface area contributed by atoms with Crippen molar-refractivity contribution in [3.8, 4) is 0 Å². The van der Waals surface area contributed by atoms with Crippen molar-refractivity contribution in [1.82, 2.24) is 0 Å². The van der Waals surface area contributed by atoms with E-state index in [9.17, 15) is 22.8 Å². The number of rotatable bonds is 1. The molecule has 1 aliphatic heterocycles. The van der Waals surface area contributed by atoms with Crippen LogP contribution in [-0.2, 0) is 15.8 Å². The number of benzene rings is 1. The molecule has 7 heteroatoms. The van der Waals surface area contributed by atoms with Gasteiger partial charge in [-0.2, -0.15) is 13.2 Å². The van der Waals surface area contributed by atoms with Crippen LogP contribution in [0.5, 0.6) is 0 Å². The van der Waals surface area contributed by atoms with Crippen molar-refractivity contribution in [2.45, 2.75) is 12.6 Å². The molecule has 0 radical (unpaired) electrons. The van der Waals surface area contributed by atoms with Crippen molar-refractivity contribution in [2.75, 3.05) is 11.4 Å². The summed E-state index contributed by atoms with van der Waals surface area (Å²) in [7, 11) is 0. The summed E-state index contributed by atoms with van der Waals surface area (Å²) in [4.78, 5) is 23.7. The summed E-state index contributed by atoms with van der Waals surface area (Å²) in [5.74, 6) is -0.636. The Morgan fingerprint density at radius 2 is 1.89 bits per heavy atom. The largest absolute Gasteiger partial charge is 0.417 e. The van der Waals surface area contributed by atoms with Crippen LogP contribution >= 0.6 is 15.9 Å². The van der Waals surface area contributed by atoms with E-state index in [2.05, 4.69) is 15.9 Å². The van der Waals surface area contributed by atoms with E-state index in [1.165, 1.54) is 17.0 Å². The van der Waals surface area contributed by atoms with Gasteiger partial charge in [-0.05, 0) is 18.2 Å². The van der Waals surface area contributed by atoms with Crippen LogP contribution in [0, 0.1) is 0 Å². The van der Waals surface area contributed by atoms with Crippen LogP contribution in [0.3, 0.4) is 0 Å². The van der Waals surface area contributed by atoms with Gasteiger partial charge in [0.25, 0.3) is 0 Å². The lowest BCUT2D eigenvalue weighted by molar-refractivity contribution is -0.138. The summed E-state index contributed by atoms with van der Waals surface area (Å²) in [6.07, 6.45) is -4.65. The fraction of sp³-hybridized carbons (Fsp3) is 0.273. The average molecular weight is 322 g/mol. The molecule has 0 aromatic heterocycles. The zero-order valence-electron chi connectivity index (χ0n) is 8.92. The molecule has 0 unspecified atom stereocenters. The molecule has 3 nitrogen and oxygen atoms in total. The second kappa shape index (κ2) is 4.38. The molecule has 0 atom stereocenters. The van der Waals surface area contributed by atoms with Crippen LogP contribution in [0.4, 0.5) is 18.9 Å². The highest BCUT2D eigenvalue weighted by molar-refractivity contribution is 9.10. The van der Waals surface area contributed by atoms with E-state index in [0.29, 0.717) is 0 Å². The van der Waals surface area contributed by atoms with Crippen molar-refractivity contribution < 1.29 is 22.8 Å². The zero-order chi connectivity index (χ0) is 13.5. The van der Waals surface area contributed by atoms with Gasteiger partial charge in [0.1, 0.15) is 0 Å². The Labute approximate surface area is 109 Å². The van der Waals surface area contributed by atoms with E-state index in [1.54, 1.807) is 0 Å². The SMILES string of the molecule is O=C1CC(=O)N(c2ccc(C(F)(F)F)c(Br)c2)C1. The fourth-order valence-corrected chi connectivity index (χ4v) is 2.31. The number of amides is 1. The first-order chi connectivity index (χ1) is 8.29. The van der Waals surface area contributed by atoms with Crippen LogP contribution in [0.2, 0.25) is 0 Å². The first-order valence-corrected chi connectivity index (χ1v) is 5.77. The molecule has 0 spiro atoms. The molecule has 1 heterocycles. The third-order valence-corrected chi connectivity index (χ3v) is 3.21. The lowest BCUT2D eigenvalue weighted by Crippen LogP contribution is -2.24.